The number of aromatic nitrogens is 3. The molecule has 2 heterocycles. The lowest BCUT2D eigenvalue weighted by Crippen LogP contribution is -2.08. The minimum absolute atomic E-state index is 0.177. The zero-order chi connectivity index (χ0) is 13.5. The first kappa shape index (κ1) is 13.1. The number of rotatable bonds is 7. The van der Waals surface area contributed by atoms with Crippen molar-refractivity contribution in [1.82, 2.24) is 14.8 Å². The van der Waals surface area contributed by atoms with Gasteiger partial charge >= 0.3 is 5.97 Å². The van der Waals surface area contributed by atoms with E-state index < -0.39 is 5.97 Å². The van der Waals surface area contributed by atoms with E-state index in [4.69, 9.17) is 9.15 Å². The van der Waals surface area contributed by atoms with Gasteiger partial charge in [-0.25, -0.2) is 4.79 Å². The number of hydrogen-bond donors (Lipinski definition) is 1. The molecule has 0 saturated heterocycles. The van der Waals surface area contributed by atoms with E-state index in [-0.39, 0.29) is 5.69 Å². The third-order valence-corrected chi connectivity index (χ3v) is 2.39. The lowest BCUT2D eigenvalue weighted by atomic mass is 10.4. The number of nitrogens with zero attached hydrogens (tertiary/aromatic N) is 3. The number of hydrogen-bond acceptors (Lipinski definition) is 6. The molecule has 1 N–H and O–H groups in total. The van der Waals surface area contributed by atoms with E-state index in [0.717, 1.165) is 13.0 Å². The molecule has 2 aromatic rings. The second-order valence-corrected chi connectivity index (χ2v) is 3.81. The summed E-state index contributed by atoms with van der Waals surface area (Å²) in [7, 11) is 0. The molecule has 0 saturated carbocycles. The van der Waals surface area contributed by atoms with Crippen LogP contribution in [-0.4, -0.2) is 33.9 Å². The van der Waals surface area contributed by atoms with Crippen molar-refractivity contribution in [3.05, 3.63) is 30.4 Å². The zero-order valence-electron chi connectivity index (χ0n) is 10.7. The molecule has 2 rings (SSSR count). The number of oxazole rings is 1. The van der Waals surface area contributed by atoms with E-state index in [1.165, 1.54) is 6.26 Å². The second-order valence-electron chi connectivity index (χ2n) is 3.81. The van der Waals surface area contributed by atoms with E-state index in [2.05, 4.69) is 15.4 Å². The standard InChI is InChI=1S/C12H16N4O3/c1-2-18-11(17)10-9-19-12(15-10)13-5-3-7-16-8-4-6-14-16/h4,6,8-9H,2-3,5,7H2,1H3,(H,13,15). The summed E-state index contributed by atoms with van der Waals surface area (Å²) in [5.41, 5.74) is 0.177. The summed E-state index contributed by atoms with van der Waals surface area (Å²) in [6.45, 7) is 3.55. The minimum Gasteiger partial charge on any atom is -0.461 e. The van der Waals surface area contributed by atoms with Gasteiger partial charge in [0, 0.05) is 25.5 Å². The highest BCUT2D eigenvalue weighted by Crippen LogP contribution is 2.08. The normalized spacial score (nSPS) is 10.4. The molecular formula is C12H16N4O3. The first-order chi connectivity index (χ1) is 9.29. The summed E-state index contributed by atoms with van der Waals surface area (Å²) in [6.07, 6.45) is 5.81. The Labute approximate surface area is 110 Å². The van der Waals surface area contributed by atoms with Crippen LogP contribution in [0.25, 0.3) is 0 Å². The third kappa shape index (κ3) is 3.84. The Morgan fingerprint density at radius 1 is 1.58 bits per heavy atom. The van der Waals surface area contributed by atoms with Crippen molar-refractivity contribution in [3.8, 4) is 0 Å². The van der Waals surface area contributed by atoms with Crippen molar-refractivity contribution >= 4 is 12.0 Å². The maximum Gasteiger partial charge on any atom is 0.360 e. The fraction of sp³-hybridized carbons (Fsp3) is 0.417. The van der Waals surface area contributed by atoms with Gasteiger partial charge in [-0.3, -0.25) is 4.68 Å². The van der Waals surface area contributed by atoms with Crippen LogP contribution in [0.3, 0.4) is 0 Å². The van der Waals surface area contributed by atoms with Crippen LogP contribution in [0.5, 0.6) is 0 Å². The van der Waals surface area contributed by atoms with Crippen molar-refractivity contribution in [2.45, 2.75) is 19.9 Å². The van der Waals surface area contributed by atoms with Gasteiger partial charge in [0.2, 0.25) is 0 Å². The molecule has 0 aliphatic carbocycles. The average Bonchev–Trinajstić information content (AvgIpc) is 3.06. The number of carbonyl (C=O) groups is 1. The SMILES string of the molecule is CCOC(=O)c1coc(NCCCn2cccn2)n1. The molecule has 0 unspecified atom stereocenters. The van der Waals surface area contributed by atoms with Gasteiger partial charge in [-0.1, -0.05) is 0 Å². The third-order valence-electron chi connectivity index (χ3n) is 2.39. The molecule has 0 radical (unpaired) electrons. The van der Waals surface area contributed by atoms with Gasteiger partial charge < -0.3 is 14.5 Å². The van der Waals surface area contributed by atoms with Crippen LogP contribution in [0.2, 0.25) is 0 Å². The second kappa shape index (κ2) is 6.58. The van der Waals surface area contributed by atoms with Crippen molar-refractivity contribution in [3.63, 3.8) is 0 Å². The van der Waals surface area contributed by atoms with Gasteiger partial charge in [0.1, 0.15) is 6.26 Å². The van der Waals surface area contributed by atoms with Crippen LogP contribution in [0.1, 0.15) is 23.8 Å². The van der Waals surface area contributed by atoms with Gasteiger partial charge in [-0.15, -0.1) is 0 Å². The van der Waals surface area contributed by atoms with E-state index in [9.17, 15) is 4.79 Å². The summed E-state index contributed by atoms with van der Waals surface area (Å²) < 4.78 is 11.8. The first-order valence-electron chi connectivity index (χ1n) is 6.13. The van der Waals surface area contributed by atoms with Crippen LogP contribution in [0, 0.1) is 0 Å². The lowest BCUT2D eigenvalue weighted by molar-refractivity contribution is 0.0519. The van der Waals surface area contributed by atoms with Gasteiger partial charge in [0.05, 0.1) is 6.61 Å². The maximum atomic E-state index is 11.4. The molecule has 7 nitrogen and oxygen atoms in total. The van der Waals surface area contributed by atoms with Crippen LogP contribution in [-0.2, 0) is 11.3 Å². The van der Waals surface area contributed by atoms with Crippen LogP contribution in [0.15, 0.2) is 29.1 Å². The highest BCUT2D eigenvalue weighted by Gasteiger charge is 2.12. The molecule has 0 atom stereocenters. The average molecular weight is 264 g/mol. The van der Waals surface area contributed by atoms with Gasteiger partial charge in [0.25, 0.3) is 6.01 Å². The number of nitrogens with one attached hydrogen (secondary N) is 1. The van der Waals surface area contributed by atoms with Crippen molar-refractivity contribution in [1.29, 1.82) is 0 Å². The minimum atomic E-state index is -0.476. The molecule has 0 amide bonds. The van der Waals surface area contributed by atoms with Gasteiger partial charge in [0.15, 0.2) is 5.69 Å². The van der Waals surface area contributed by atoms with Gasteiger partial charge in [-0.2, -0.15) is 10.1 Å². The number of anilines is 1. The molecular weight excluding hydrogens is 248 g/mol. The highest BCUT2D eigenvalue weighted by atomic mass is 16.5. The lowest BCUT2D eigenvalue weighted by Gasteiger charge is -2.02. The smallest absolute Gasteiger partial charge is 0.360 e. The van der Waals surface area contributed by atoms with Crippen LogP contribution < -0.4 is 5.32 Å². The Kier molecular flexibility index (Phi) is 4.54. The molecule has 0 fully saturated rings. The summed E-state index contributed by atoms with van der Waals surface area (Å²) >= 11 is 0. The first-order valence-corrected chi connectivity index (χ1v) is 6.13. The Bertz CT molecular complexity index is 507. The Balaban J connectivity index is 1.72. The fourth-order valence-corrected chi connectivity index (χ4v) is 1.52. The quantitative estimate of drug-likeness (QED) is 0.603. The van der Waals surface area contributed by atoms with E-state index in [1.807, 2.05) is 16.9 Å². The fourth-order valence-electron chi connectivity index (χ4n) is 1.52. The molecule has 0 aliphatic heterocycles. The molecule has 19 heavy (non-hydrogen) atoms. The van der Waals surface area contributed by atoms with Crippen molar-refractivity contribution in [2.75, 3.05) is 18.5 Å². The van der Waals surface area contributed by atoms with Gasteiger partial charge in [-0.05, 0) is 19.4 Å². The highest BCUT2D eigenvalue weighted by molar-refractivity contribution is 5.87. The summed E-state index contributed by atoms with van der Waals surface area (Å²) in [4.78, 5) is 15.3. The zero-order valence-corrected chi connectivity index (χ0v) is 10.7. The van der Waals surface area contributed by atoms with Crippen LogP contribution in [0.4, 0.5) is 6.01 Å². The molecule has 0 spiro atoms. The Morgan fingerprint density at radius 3 is 3.21 bits per heavy atom. The van der Waals surface area contributed by atoms with E-state index >= 15 is 0 Å². The number of ether oxygens (including phenoxy) is 1. The molecule has 0 aliphatic rings. The summed E-state index contributed by atoms with van der Waals surface area (Å²) in [6, 6.07) is 2.20. The monoisotopic (exact) mass is 264 g/mol. The van der Waals surface area contributed by atoms with Crippen LogP contribution >= 0.6 is 0 Å². The number of aryl methyl sites for hydroxylation is 1. The molecule has 7 heteroatoms. The van der Waals surface area contributed by atoms with E-state index in [1.54, 1.807) is 13.1 Å². The Morgan fingerprint density at radius 2 is 2.47 bits per heavy atom. The van der Waals surface area contributed by atoms with Crippen molar-refractivity contribution < 1.29 is 13.9 Å². The molecule has 0 bridgehead atoms. The summed E-state index contributed by atoms with van der Waals surface area (Å²) in [5, 5.41) is 7.10. The predicted molar refractivity (Wildman–Crippen MR) is 67.8 cm³/mol. The van der Waals surface area contributed by atoms with Crippen molar-refractivity contribution in [2.24, 2.45) is 0 Å². The largest absolute Gasteiger partial charge is 0.461 e. The molecule has 0 aromatic carbocycles. The number of esters is 1. The summed E-state index contributed by atoms with van der Waals surface area (Å²) in [5.74, 6) is -0.476. The number of carbonyl (C=O) groups excluding carboxylic acids is 1. The molecule has 2 aromatic heterocycles. The topological polar surface area (TPSA) is 82.2 Å². The maximum absolute atomic E-state index is 11.4. The van der Waals surface area contributed by atoms with E-state index in [0.29, 0.717) is 19.2 Å². The Hall–Kier alpha value is -2.31. The molecule has 102 valence electrons. The predicted octanol–water partition coefficient (Wildman–Crippen LogP) is 1.55.